The molecule has 0 unspecified atom stereocenters. The molecule has 54 heavy (non-hydrogen) atoms. The summed E-state index contributed by atoms with van der Waals surface area (Å²) in [5, 5.41) is 5.73. The molecule has 2 amide bonds. The van der Waals surface area contributed by atoms with E-state index in [-0.39, 0.29) is 18.5 Å². The van der Waals surface area contributed by atoms with Crippen LogP contribution in [0.1, 0.15) is 20.9 Å². The number of ether oxygens (including phenoxy) is 2. The third-order valence-corrected chi connectivity index (χ3v) is 8.62. The van der Waals surface area contributed by atoms with Crippen LogP contribution in [0.25, 0.3) is 45.6 Å². The third-order valence-electron chi connectivity index (χ3n) is 8.62. The number of fused-ring (bicyclic) bond motifs is 1. The smallest absolute Gasteiger partial charge is 0.291 e. The Hall–Kier alpha value is -7.87. The fourth-order valence-electron chi connectivity index (χ4n) is 5.98. The molecule has 9 rings (SSSR count). The Morgan fingerprint density at radius 1 is 0.593 bits per heavy atom. The number of nitrogens with zero attached hydrogens (tertiary/aromatic N) is 7. The van der Waals surface area contributed by atoms with Gasteiger partial charge >= 0.3 is 0 Å². The van der Waals surface area contributed by atoms with Gasteiger partial charge in [-0.1, -0.05) is 0 Å². The molecule has 2 aromatic carbocycles. The number of nitrogens with one attached hydrogen (secondary N) is 2. The fraction of sp³-hybridized carbons (Fsp3) is 0.0250. The van der Waals surface area contributed by atoms with Crippen molar-refractivity contribution in [3.05, 3.63) is 152 Å². The molecule has 0 atom stereocenters. The number of carbonyl (C=O) groups is 2. The Balaban J connectivity index is 0.867. The number of furan rings is 1. The van der Waals surface area contributed by atoms with Gasteiger partial charge in [-0.15, -0.1) is 0 Å². The van der Waals surface area contributed by atoms with Gasteiger partial charge in [-0.3, -0.25) is 33.7 Å². The maximum Gasteiger partial charge on any atom is 0.291 e. The van der Waals surface area contributed by atoms with E-state index in [0.29, 0.717) is 51.4 Å². The lowest BCUT2D eigenvalue weighted by Crippen LogP contribution is -2.12. The zero-order valence-corrected chi connectivity index (χ0v) is 28.2. The number of hydrogen-bond acceptors (Lipinski definition) is 10. The van der Waals surface area contributed by atoms with Crippen molar-refractivity contribution in [3.63, 3.8) is 0 Å². The molecule has 8 aromatic rings. The van der Waals surface area contributed by atoms with E-state index in [1.54, 1.807) is 103 Å². The number of anilines is 2. The number of carbonyl (C=O) groups excluding carboxylic acids is 2. The van der Waals surface area contributed by atoms with Crippen molar-refractivity contribution < 1.29 is 23.5 Å². The summed E-state index contributed by atoms with van der Waals surface area (Å²) in [6, 6.07) is 25.0. The summed E-state index contributed by atoms with van der Waals surface area (Å²) in [5.74, 6) is 2.34. The largest absolute Gasteiger partial charge is 0.454 e. The minimum absolute atomic E-state index is 0.118. The lowest BCUT2D eigenvalue weighted by Gasteiger charge is -2.10. The molecule has 0 bridgehead atoms. The van der Waals surface area contributed by atoms with Gasteiger partial charge in [0.05, 0.1) is 17.6 Å². The Kier molecular flexibility index (Phi) is 8.13. The Morgan fingerprint density at radius 3 is 2.15 bits per heavy atom. The number of rotatable bonds is 9. The molecular formula is C40H27N9O5. The number of pyridine rings is 3. The molecule has 6 aromatic heterocycles. The summed E-state index contributed by atoms with van der Waals surface area (Å²) in [6.07, 6.45) is 15.4. The van der Waals surface area contributed by atoms with E-state index in [9.17, 15) is 9.59 Å². The normalized spacial score (nSPS) is 11.7. The highest BCUT2D eigenvalue weighted by Gasteiger charge is 2.19. The second-order valence-electron chi connectivity index (χ2n) is 12.0. The number of benzene rings is 2. The van der Waals surface area contributed by atoms with Gasteiger partial charge in [0.15, 0.2) is 17.3 Å². The number of imidazole rings is 2. The van der Waals surface area contributed by atoms with Crippen LogP contribution in [0.3, 0.4) is 0 Å². The Labute approximate surface area is 306 Å². The number of hydrogen-bond donors (Lipinski definition) is 2. The van der Waals surface area contributed by atoms with Crippen molar-refractivity contribution in [1.29, 1.82) is 0 Å². The number of amides is 2. The predicted octanol–water partition coefficient (Wildman–Crippen LogP) is 7.07. The van der Waals surface area contributed by atoms with Crippen molar-refractivity contribution in [3.8, 4) is 57.1 Å². The molecule has 0 aliphatic carbocycles. The van der Waals surface area contributed by atoms with Crippen LogP contribution in [-0.4, -0.2) is 52.7 Å². The highest BCUT2D eigenvalue weighted by molar-refractivity contribution is 6.04. The molecule has 0 radical (unpaired) electrons. The first-order chi connectivity index (χ1) is 26.6. The molecule has 0 spiro atoms. The molecule has 0 fully saturated rings. The van der Waals surface area contributed by atoms with Gasteiger partial charge in [-0.05, 0) is 72.8 Å². The maximum absolute atomic E-state index is 13.1. The molecule has 1 aliphatic heterocycles. The number of aromatic nitrogens is 7. The standard InChI is InChI=1S/C40H27N9O5/c50-39(26-1-5-31(6-2-26)48-17-15-43-37(48)25-11-13-41-14-12-25)47-30-3-7-32(45-23-30)27-19-28(22-42-21-27)38-44-16-18-49(38)36-10-9-34(54-36)40(51)46-29-4-8-33-35(20-29)53-24-52-33/h1-23H,24H2,(H,46,51)(H,47,50). The SMILES string of the molecule is O=C(Nc1ccc(-c2cncc(-c3nccn3-c3ccc(C(=O)Nc4ccc5c(c4)OCO5)o3)c2)nc1)c1ccc(-n2ccnc2-c2ccncc2)cc1. The third kappa shape index (κ3) is 6.30. The molecule has 0 saturated heterocycles. The van der Waals surface area contributed by atoms with Gasteiger partial charge in [0.2, 0.25) is 12.7 Å². The molecule has 262 valence electrons. The minimum Gasteiger partial charge on any atom is -0.454 e. The molecule has 14 nitrogen and oxygen atoms in total. The molecule has 0 saturated carbocycles. The van der Waals surface area contributed by atoms with E-state index >= 15 is 0 Å². The average Bonchev–Trinajstić information content (AvgIpc) is 4.06. The minimum atomic E-state index is -0.421. The van der Waals surface area contributed by atoms with Gasteiger partial charge in [-0.2, -0.15) is 0 Å². The van der Waals surface area contributed by atoms with Crippen LogP contribution in [0.2, 0.25) is 0 Å². The first kappa shape index (κ1) is 32.1. The quantitative estimate of drug-likeness (QED) is 0.158. The molecule has 2 N–H and O–H groups in total. The van der Waals surface area contributed by atoms with E-state index < -0.39 is 5.91 Å². The molecular weight excluding hydrogens is 686 g/mol. The summed E-state index contributed by atoms with van der Waals surface area (Å²) in [7, 11) is 0. The topological polar surface area (TPSA) is 164 Å². The van der Waals surface area contributed by atoms with Gasteiger partial charge in [0.25, 0.3) is 11.8 Å². The van der Waals surface area contributed by atoms with Gasteiger partial charge < -0.3 is 24.5 Å². The van der Waals surface area contributed by atoms with Crippen molar-refractivity contribution >= 4 is 23.2 Å². The molecule has 14 heteroatoms. The van der Waals surface area contributed by atoms with E-state index in [4.69, 9.17) is 13.9 Å². The lowest BCUT2D eigenvalue weighted by molar-refractivity contribution is 0.0994. The van der Waals surface area contributed by atoms with E-state index in [1.165, 1.54) is 0 Å². The second kappa shape index (κ2) is 13.7. The average molecular weight is 714 g/mol. The summed E-state index contributed by atoms with van der Waals surface area (Å²) in [5.41, 5.74) is 5.48. The van der Waals surface area contributed by atoms with E-state index in [1.807, 2.05) is 47.2 Å². The van der Waals surface area contributed by atoms with Gasteiger partial charge in [-0.25, -0.2) is 9.97 Å². The van der Waals surface area contributed by atoms with Gasteiger partial charge in [0, 0.05) is 95.3 Å². The van der Waals surface area contributed by atoms with Crippen LogP contribution in [-0.2, 0) is 0 Å². The van der Waals surface area contributed by atoms with Crippen molar-refractivity contribution in [2.45, 2.75) is 0 Å². The van der Waals surface area contributed by atoms with Crippen LogP contribution >= 0.6 is 0 Å². The monoisotopic (exact) mass is 713 g/mol. The van der Waals surface area contributed by atoms with Crippen LogP contribution in [0, 0.1) is 0 Å². The first-order valence-corrected chi connectivity index (χ1v) is 16.7. The molecule has 7 heterocycles. The second-order valence-corrected chi connectivity index (χ2v) is 12.0. The maximum atomic E-state index is 13.1. The zero-order chi connectivity index (χ0) is 36.4. The van der Waals surface area contributed by atoms with Crippen molar-refractivity contribution in [2.75, 3.05) is 17.4 Å². The Bertz CT molecular complexity index is 2630. The highest BCUT2D eigenvalue weighted by Crippen LogP contribution is 2.34. The summed E-state index contributed by atoms with van der Waals surface area (Å²) in [6.45, 7) is 0.143. The van der Waals surface area contributed by atoms with Crippen LogP contribution < -0.4 is 20.1 Å². The fourth-order valence-corrected chi connectivity index (χ4v) is 5.98. The molecule has 1 aliphatic rings. The van der Waals surface area contributed by atoms with E-state index in [0.717, 1.165) is 22.6 Å². The van der Waals surface area contributed by atoms with Crippen LogP contribution in [0.4, 0.5) is 11.4 Å². The van der Waals surface area contributed by atoms with Crippen LogP contribution in [0.15, 0.2) is 145 Å². The van der Waals surface area contributed by atoms with Gasteiger partial charge in [0.1, 0.15) is 11.6 Å². The first-order valence-electron chi connectivity index (χ1n) is 16.7. The summed E-state index contributed by atoms with van der Waals surface area (Å²) in [4.78, 5) is 48.2. The Morgan fingerprint density at radius 2 is 1.33 bits per heavy atom. The van der Waals surface area contributed by atoms with Crippen molar-refractivity contribution in [1.82, 2.24) is 34.1 Å². The zero-order valence-electron chi connectivity index (χ0n) is 28.2. The van der Waals surface area contributed by atoms with E-state index in [2.05, 4.69) is 35.6 Å². The van der Waals surface area contributed by atoms with Crippen LogP contribution in [0.5, 0.6) is 11.5 Å². The predicted molar refractivity (Wildman–Crippen MR) is 198 cm³/mol. The summed E-state index contributed by atoms with van der Waals surface area (Å²) < 4.78 is 20.3. The van der Waals surface area contributed by atoms with Crippen molar-refractivity contribution in [2.24, 2.45) is 0 Å². The lowest BCUT2D eigenvalue weighted by atomic mass is 10.1. The highest BCUT2D eigenvalue weighted by atomic mass is 16.7. The summed E-state index contributed by atoms with van der Waals surface area (Å²) >= 11 is 0.